The zero-order valence-corrected chi connectivity index (χ0v) is 12.9. The van der Waals surface area contributed by atoms with Crippen molar-refractivity contribution in [3.8, 4) is 0 Å². The largest absolute Gasteiger partial charge is 0.465 e. The molecule has 0 saturated carbocycles. The molecule has 7 heteroatoms. The molecule has 1 atom stereocenters. The summed E-state index contributed by atoms with van der Waals surface area (Å²) < 4.78 is 31.0. The molecule has 6 nitrogen and oxygen atoms in total. The second kappa shape index (κ2) is 6.23. The van der Waals surface area contributed by atoms with Crippen LogP contribution in [0.15, 0.2) is 23.1 Å². The van der Waals surface area contributed by atoms with E-state index in [1.807, 2.05) is 6.92 Å². The minimum atomic E-state index is -3.81. The Bertz CT molecular complexity index is 598. The van der Waals surface area contributed by atoms with Crippen LogP contribution in [0.1, 0.15) is 30.6 Å². The first-order valence-corrected chi connectivity index (χ1v) is 7.65. The van der Waals surface area contributed by atoms with Crippen molar-refractivity contribution >= 4 is 21.7 Å². The first kappa shape index (κ1) is 16.5. The van der Waals surface area contributed by atoms with Gasteiger partial charge in [-0.1, -0.05) is 6.92 Å². The summed E-state index contributed by atoms with van der Waals surface area (Å²) in [7, 11) is -1.12. The number of carbonyl (C=O) groups is 1. The second-order valence-electron chi connectivity index (χ2n) is 4.53. The Balaban J connectivity index is 3.44. The number of carbonyl (C=O) groups excluding carboxylic acids is 1. The van der Waals surface area contributed by atoms with E-state index in [0.717, 1.165) is 0 Å². The predicted molar refractivity (Wildman–Crippen MR) is 76.9 cm³/mol. The van der Waals surface area contributed by atoms with Crippen molar-refractivity contribution in [1.82, 2.24) is 4.31 Å². The molecule has 0 amide bonds. The molecule has 1 rings (SSSR count). The van der Waals surface area contributed by atoms with E-state index in [9.17, 15) is 13.2 Å². The van der Waals surface area contributed by atoms with Crippen molar-refractivity contribution in [3.05, 3.63) is 23.8 Å². The van der Waals surface area contributed by atoms with Crippen LogP contribution in [0.5, 0.6) is 0 Å². The van der Waals surface area contributed by atoms with E-state index in [0.29, 0.717) is 6.42 Å². The van der Waals surface area contributed by atoms with Gasteiger partial charge in [-0.05, 0) is 31.5 Å². The number of hydrogen-bond acceptors (Lipinski definition) is 5. The molecule has 0 bridgehead atoms. The highest BCUT2D eigenvalue weighted by Gasteiger charge is 2.29. The van der Waals surface area contributed by atoms with Crippen molar-refractivity contribution in [2.24, 2.45) is 0 Å². The summed E-state index contributed by atoms with van der Waals surface area (Å²) in [5.41, 5.74) is 5.89. The predicted octanol–water partition coefficient (Wildman–Crippen LogP) is 1.47. The van der Waals surface area contributed by atoms with E-state index < -0.39 is 16.0 Å². The molecule has 112 valence electrons. The lowest BCUT2D eigenvalue weighted by molar-refractivity contribution is 0.0596. The highest BCUT2D eigenvalue weighted by atomic mass is 32.2. The third-order valence-electron chi connectivity index (χ3n) is 3.28. The third kappa shape index (κ3) is 3.10. The topological polar surface area (TPSA) is 89.7 Å². The highest BCUT2D eigenvalue weighted by Crippen LogP contribution is 2.24. The molecule has 2 N–H and O–H groups in total. The van der Waals surface area contributed by atoms with Gasteiger partial charge < -0.3 is 10.5 Å². The van der Waals surface area contributed by atoms with Crippen LogP contribution in [0.4, 0.5) is 5.69 Å². The van der Waals surface area contributed by atoms with Crippen LogP contribution >= 0.6 is 0 Å². The summed E-state index contributed by atoms with van der Waals surface area (Å²) in [5, 5.41) is 0. The zero-order chi connectivity index (χ0) is 15.5. The Morgan fingerprint density at radius 3 is 2.55 bits per heavy atom. The average molecular weight is 300 g/mol. The van der Waals surface area contributed by atoms with E-state index in [2.05, 4.69) is 4.74 Å². The number of rotatable bonds is 5. The Morgan fingerprint density at radius 2 is 2.05 bits per heavy atom. The Kier molecular flexibility index (Phi) is 5.13. The van der Waals surface area contributed by atoms with E-state index in [1.54, 1.807) is 6.92 Å². The normalized spacial score (nSPS) is 13.2. The van der Waals surface area contributed by atoms with Crippen molar-refractivity contribution in [2.45, 2.75) is 31.2 Å². The fraction of sp³-hybridized carbons (Fsp3) is 0.462. The lowest BCUT2D eigenvalue weighted by atomic mass is 10.2. The SMILES string of the molecule is CCC(C)N(C)S(=O)(=O)c1cc(N)ccc1C(=O)OC. The summed E-state index contributed by atoms with van der Waals surface area (Å²) in [6.07, 6.45) is 0.658. The van der Waals surface area contributed by atoms with Crippen LogP contribution in [0, 0.1) is 0 Å². The van der Waals surface area contributed by atoms with Gasteiger partial charge in [0, 0.05) is 18.8 Å². The van der Waals surface area contributed by atoms with Gasteiger partial charge in [0.05, 0.1) is 17.6 Å². The van der Waals surface area contributed by atoms with E-state index in [1.165, 1.54) is 36.7 Å². The lowest BCUT2D eigenvalue weighted by Crippen LogP contribution is -2.35. The maximum atomic E-state index is 12.6. The number of hydrogen-bond donors (Lipinski definition) is 1. The number of ether oxygens (including phenoxy) is 1. The van der Waals surface area contributed by atoms with Gasteiger partial charge in [-0.25, -0.2) is 13.2 Å². The molecule has 20 heavy (non-hydrogen) atoms. The molecule has 0 fully saturated rings. The number of sulfonamides is 1. The van der Waals surface area contributed by atoms with Crippen LogP contribution in [0.25, 0.3) is 0 Å². The monoisotopic (exact) mass is 300 g/mol. The molecular formula is C13H20N2O4S. The van der Waals surface area contributed by atoms with Gasteiger partial charge in [-0.3, -0.25) is 0 Å². The number of methoxy groups -OCH3 is 1. The Morgan fingerprint density at radius 1 is 1.45 bits per heavy atom. The van der Waals surface area contributed by atoms with E-state index >= 15 is 0 Å². The molecule has 0 heterocycles. The van der Waals surface area contributed by atoms with Gasteiger partial charge in [0.25, 0.3) is 0 Å². The molecule has 1 unspecified atom stereocenters. The third-order valence-corrected chi connectivity index (χ3v) is 5.29. The molecular weight excluding hydrogens is 280 g/mol. The fourth-order valence-corrected chi connectivity index (χ4v) is 3.33. The lowest BCUT2D eigenvalue weighted by Gasteiger charge is -2.24. The summed E-state index contributed by atoms with van der Waals surface area (Å²) in [6, 6.07) is 3.92. The number of nitrogens with zero attached hydrogens (tertiary/aromatic N) is 1. The van der Waals surface area contributed by atoms with Crippen LogP contribution in [0.2, 0.25) is 0 Å². The maximum absolute atomic E-state index is 12.6. The van der Waals surface area contributed by atoms with Crippen LogP contribution in [-0.4, -0.2) is 38.9 Å². The van der Waals surface area contributed by atoms with Gasteiger partial charge in [0.15, 0.2) is 0 Å². The van der Waals surface area contributed by atoms with Crippen LogP contribution < -0.4 is 5.73 Å². The number of benzene rings is 1. The zero-order valence-electron chi connectivity index (χ0n) is 12.1. The Hall–Kier alpha value is -1.60. The maximum Gasteiger partial charge on any atom is 0.339 e. The molecule has 1 aromatic carbocycles. The molecule has 0 radical (unpaired) electrons. The van der Waals surface area contributed by atoms with Gasteiger partial charge in [0.2, 0.25) is 10.0 Å². The fourth-order valence-electron chi connectivity index (χ4n) is 1.68. The number of anilines is 1. The van der Waals surface area contributed by atoms with Crippen molar-refractivity contribution in [1.29, 1.82) is 0 Å². The molecule has 1 aromatic rings. The average Bonchev–Trinajstić information content (AvgIpc) is 2.44. The standard InChI is InChI=1S/C13H20N2O4S/c1-5-9(2)15(3)20(17,18)12-8-10(14)6-7-11(12)13(16)19-4/h6-9H,5,14H2,1-4H3. The second-order valence-corrected chi connectivity index (χ2v) is 6.49. The summed E-state index contributed by atoms with van der Waals surface area (Å²) in [6.45, 7) is 3.68. The minimum absolute atomic E-state index is 0.0168. The van der Waals surface area contributed by atoms with Crippen molar-refractivity contribution in [3.63, 3.8) is 0 Å². The number of nitrogens with two attached hydrogens (primary N) is 1. The molecule has 0 aliphatic carbocycles. The number of nitrogen functional groups attached to an aromatic ring is 1. The first-order chi connectivity index (χ1) is 9.25. The summed E-state index contributed by atoms with van der Waals surface area (Å²) in [5.74, 6) is -0.707. The van der Waals surface area contributed by atoms with E-state index in [4.69, 9.17) is 5.73 Å². The van der Waals surface area contributed by atoms with Gasteiger partial charge in [-0.2, -0.15) is 4.31 Å². The van der Waals surface area contributed by atoms with Crippen molar-refractivity contribution < 1.29 is 17.9 Å². The smallest absolute Gasteiger partial charge is 0.339 e. The summed E-state index contributed by atoms with van der Waals surface area (Å²) in [4.78, 5) is 11.6. The highest BCUT2D eigenvalue weighted by molar-refractivity contribution is 7.89. The molecule has 0 saturated heterocycles. The summed E-state index contributed by atoms with van der Waals surface area (Å²) >= 11 is 0. The van der Waals surface area contributed by atoms with Crippen LogP contribution in [0.3, 0.4) is 0 Å². The molecule has 0 aliphatic heterocycles. The van der Waals surface area contributed by atoms with E-state index in [-0.39, 0.29) is 22.2 Å². The van der Waals surface area contributed by atoms with Gasteiger partial charge in [-0.15, -0.1) is 0 Å². The van der Waals surface area contributed by atoms with Crippen LogP contribution in [-0.2, 0) is 14.8 Å². The van der Waals surface area contributed by atoms with Gasteiger partial charge >= 0.3 is 5.97 Å². The van der Waals surface area contributed by atoms with Crippen molar-refractivity contribution in [2.75, 3.05) is 19.9 Å². The molecule has 0 aromatic heterocycles. The first-order valence-electron chi connectivity index (χ1n) is 6.21. The molecule has 0 spiro atoms. The molecule has 0 aliphatic rings. The Labute approximate surface area is 119 Å². The number of esters is 1. The quantitative estimate of drug-likeness (QED) is 0.657. The minimum Gasteiger partial charge on any atom is -0.465 e. The van der Waals surface area contributed by atoms with Gasteiger partial charge in [0.1, 0.15) is 0 Å².